The molecule has 4 rings (SSSR count). The van der Waals surface area contributed by atoms with Gasteiger partial charge < -0.3 is 10.1 Å². The molecule has 7 heteroatoms. The Balaban J connectivity index is 1.51. The minimum atomic E-state index is -0.0740. The molecule has 0 spiro atoms. The summed E-state index contributed by atoms with van der Waals surface area (Å²) in [4.78, 5) is 27.2. The third-order valence-electron chi connectivity index (χ3n) is 4.30. The van der Waals surface area contributed by atoms with Crippen molar-refractivity contribution in [3.8, 4) is 11.1 Å². The molecule has 0 aliphatic carbocycles. The smallest absolute Gasteiger partial charge is 0.239 e. The third-order valence-corrected chi connectivity index (χ3v) is 4.30. The molecule has 1 N–H and O–H groups in total. The van der Waals surface area contributed by atoms with Gasteiger partial charge >= 0.3 is 0 Å². The first kappa shape index (κ1) is 16.6. The first-order valence-electron chi connectivity index (χ1n) is 8.54. The fourth-order valence-corrected chi connectivity index (χ4v) is 2.94. The van der Waals surface area contributed by atoms with Crippen LogP contribution in [-0.2, 0) is 9.53 Å². The Labute approximate surface area is 151 Å². The van der Waals surface area contributed by atoms with Gasteiger partial charge in [0, 0.05) is 48.2 Å². The highest BCUT2D eigenvalue weighted by Crippen LogP contribution is 2.23. The fraction of sp³-hybridized carbons (Fsp3) is 0.263. The van der Waals surface area contributed by atoms with Gasteiger partial charge in [0.2, 0.25) is 5.91 Å². The second kappa shape index (κ2) is 7.55. The Kier molecular flexibility index (Phi) is 4.81. The predicted molar refractivity (Wildman–Crippen MR) is 98.7 cm³/mol. The van der Waals surface area contributed by atoms with Crippen molar-refractivity contribution in [1.29, 1.82) is 0 Å². The highest BCUT2D eigenvalue weighted by molar-refractivity contribution is 5.93. The van der Waals surface area contributed by atoms with Gasteiger partial charge in [-0.3, -0.25) is 19.7 Å². The van der Waals surface area contributed by atoms with Gasteiger partial charge in [0.1, 0.15) is 5.82 Å². The van der Waals surface area contributed by atoms with E-state index in [2.05, 4.69) is 25.2 Å². The quantitative estimate of drug-likeness (QED) is 0.776. The zero-order chi connectivity index (χ0) is 17.8. The Hall–Kier alpha value is -2.90. The maximum absolute atomic E-state index is 12.2. The Morgan fingerprint density at radius 2 is 2.00 bits per heavy atom. The van der Waals surface area contributed by atoms with Crippen LogP contribution in [0.2, 0.25) is 0 Å². The molecular weight excluding hydrogens is 330 g/mol. The first-order chi connectivity index (χ1) is 12.8. The number of fused-ring (bicyclic) bond motifs is 1. The van der Waals surface area contributed by atoms with Gasteiger partial charge in [-0.25, -0.2) is 4.98 Å². The lowest BCUT2D eigenvalue weighted by Gasteiger charge is -2.25. The third kappa shape index (κ3) is 3.84. The number of ether oxygens (including phenoxy) is 1. The molecule has 0 radical (unpaired) electrons. The van der Waals surface area contributed by atoms with E-state index in [0.717, 1.165) is 35.1 Å². The van der Waals surface area contributed by atoms with Crippen molar-refractivity contribution in [3.05, 3.63) is 49.1 Å². The van der Waals surface area contributed by atoms with Crippen molar-refractivity contribution in [3.63, 3.8) is 0 Å². The maximum Gasteiger partial charge on any atom is 0.239 e. The number of morpholine rings is 1. The summed E-state index contributed by atoms with van der Waals surface area (Å²) < 4.78 is 5.30. The molecule has 0 saturated carbocycles. The molecule has 0 atom stereocenters. The van der Waals surface area contributed by atoms with E-state index in [1.165, 1.54) is 0 Å². The maximum atomic E-state index is 12.2. The molecule has 1 fully saturated rings. The number of anilines is 1. The van der Waals surface area contributed by atoms with Crippen molar-refractivity contribution in [2.24, 2.45) is 0 Å². The molecule has 4 heterocycles. The van der Waals surface area contributed by atoms with E-state index in [9.17, 15) is 4.79 Å². The number of carbonyl (C=O) groups excluding carboxylic acids is 1. The predicted octanol–water partition coefficient (Wildman–Crippen LogP) is 1.96. The van der Waals surface area contributed by atoms with Crippen LogP contribution in [0.4, 0.5) is 5.82 Å². The van der Waals surface area contributed by atoms with E-state index < -0.39 is 0 Å². The lowest BCUT2D eigenvalue weighted by atomic mass is 10.1. The molecule has 1 aliphatic heterocycles. The summed E-state index contributed by atoms with van der Waals surface area (Å²) in [6.45, 7) is 3.24. The van der Waals surface area contributed by atoms with Crippen LogP contribution in [0.25, 0.3) is 22.0 Å². The fourth-order valence-electron chi connectivity index (χ4n) is 2.94. The Morgan fingerprint density at radius 1 is 1.12 bits per heavy atom. The van der Waals surface area contributed by atoms with Crippen LogP contribution < -0.4 is 5.32 Å². The van der Waals surface area contributed by atoms with Gasteiger partial charge in [-0.2, -0.15) is 0 Å². The monoisotopic (exact) mass is 349 g/mol. The van der Waals surface area contributed by atoms with E-state index >= 15 is 0 Å². The van der Waals surface area contributed by atoms with E-state index in [1.807, 2.05) is 24.3 Å². The zero-order valence-electron chi connectivity index (χ0n) is 14.3. The van der Waals surface area contributed by atoms with Crippen LogP contribution in [-0.4, -0.2) is 58.6 Å². The number of carbonyl (C=O) groups is 1. The molecule has 132 valence electrons. The van der Waals surface area contributed by atoms with Crippen LogP contribution in [0.5, 0.6) is 0 Å². The summed E-state index contributed by atoms with van der Waals surface area (Å²) in [5.74, 6) is 0.455. The van der Waals surface area contributed by atoms with Gasteiger partial charge in [-0.05, 0) is 18.2 Å². The molecular formula is C19H19N5O2. The van der Waals surface area contributed by atoms with Crippen LogP contribution in [0.3, 0.4) is 0 Å². The van der Waals surface area contributed by atoms with Crippen molar-refractivity contribution in [2.45, 2.75) is 0 Å². The summed E-state index contributed by atoms with van der Waals surface area (Å²) in [6.07, 6.45) is 7.02. The number of nitrogens with one attached hydrogen (secondary N) is 1. The average Bonchev–Trinajstić information content (AvgIpc) is 2.69. The summed E-state index contributed by atoms with van der Waals surface area (Å²) in [7, 11) is 0. The normalized spacial score (nSPS) is 15.1. The van der Waals surface area contributed by atoms with Gasteiger partial charge in [-0.15, -0.1) is 0 Å². The second-order valence-electron chi connectivity index (χ2n) is 6.16. The van der Waals surface area contributed by atoms with E-state index in [0.29, 0.717) is 25.6 Å². The molecule has 7 nitrogen and oxygen atoms in total. The van der Waals surface area contributed by atoms with Crippen molar-refractivity contribution in [2.75, 3.05) is 38.2 Å². The number of rotatable bonds is 4. The molecule has 1 amide bonds. The SMILES string of the molecule is O=C(CN1CCOCC1)Nc1cc2cc(-c3cccnc3)cnc2cn1. The number of amides is 1. The van der Waals surface area contributed by atoms with Crippen molar-refractivity contribution >= 4 is 22.6 Å². The molecule has 0 bridgehead atoms. The number of hydrogen-bond acceptors (Lipinski definition) is 6. The van der Waals surface area contributed by atoms with E-state index in [1.54, 1.807) is 24.8 Å². The average molecular weight is 349 g/mol. The second-order valence-corrected chi connectivity index (χ2v) is 6.16. The molecule has 26 heavy (non-hydrogen) atoms. The molecule has 1 saturated heterocycles. The Morgan fingerprint density at radius 3 is 2.81 bits per heavy atom. The summed E-state index contributed by atoms with van der Waals surface area (Å²) in [5, 5.41) is 3.79. The minimum Gasteiger partial charge on any atom is -0.379 e. The van der Waals surface area contributed by atoms with E-state index in [-0.39, 0.29) is 5.91 Å². The van der Waals surface area contributed by atoms with Crippen LogP contribution in [0.1, 0.15) is 0 Å². The standard InChI is InChI=1S/C19H19N5O2/c25-19(13-24-4-6-26-7-5-24)23-18-9-15-8-16(11-21-17(15)12-22-18)14-2-1-3-20-10-14/h1-3,8-12H,4-7,13H2,(H,22,23,25). The molecule has 3 aromatic rings. The van der Waals surface area contributed by atoms with Crippen LogP contribution >= 0.6 is 0 Å². The van der Waals surface area contributed by atoms with Crippen LogP contribution in [0.15, 0.2) is 49.1 Å². The van der Waals surface area contributed by atoms with Gasteiger partial charge in [0.05, 0.1) is 31.5 Å². The molecule has 1 aliphatic rings. The lowest BCUT2D eigenvalue weighted by molar-refractivity contribution is -0.118. The highest BCUT2D eigenvalue weighted by atomic mass is 16.5. The lowest BCUT2D eigenvalue weighted by Crippen LogP contribution is -2.41. The van der Waals surface area contributed by atoms with Gasteiger partial charge in [0.25, 0.3) is 0 Å². The Bertz CT molecular complexity index is 910. The number of aromatic nitrogens is 3. The largest absolute Gasteiger partial charge is 0.379 e. The summed E-state index contributed by atoms with van der Waals surface area (Å²) in [5.41, 5.74) is 2.75. The van der Waals surface area contributed by atoms with Crippen LogP contribution in [0, 0.1) is 0 Å². The van der Waals surface area contributed by atoms with Crippen molar-refractivity contribution in [1.82, 2.24) is 19.9 Å². The molecule has 3 aromatic heterocycles. The zero-order valence-corrected chi connectivity index (χ0v) is 14.3. The molecule has 0 aromatic carbocycles. The van der Waals surface area contributed by atoms with Gasteiger partial charge in [0.15, 0.2) is 0 Å². The van der Waals surface area contributed by atoms with Gasteiger partial charge in [-0.1, -0.05) is 6.07 Å². The number of hydrogen-bond donors (Lipinski definition) is 1. The van der Waals surface area contributed by atoms with Crippen molar-refractivity contribution < 1.29 is 9.53 Å². The molecule has 0 unspecified atom stereocenters. The number of pyridine rings is 3. The highest BCUT2D eigenvalue weighted by Gasteiger charge is 2.14. The number of nitrogens with zero attached hydrogens (tertiary/aromatic N) is 4. The summed E-state index contributed by atoms with van der Waals surface area (Å²) in [6, 6.07) is 7.75. The summed E-state index contributed by atoms with van der Waals surface area (Å²) >= 11 is 0. The first-order valence-corrected chi connectivity index (χ1v) is 8.54. The minimum absolute atomic E-state index is 0.0740. The topological polar surface area (TPSA) is 80.2 Å². The van der Waals surface area contributed by atoms with E-state index in [4.69, 9.17) is 4.74 Å².